The Morgan fingerprint density at radius 1 is 0.630 bits per heavy atom. The zero-order valence-corrected chi connectivity index (χ0v) is 26.6. The van der Waals surface area contributed by atoms with Gasteiger partial charge < -0.3 is 4.57 Å². The lowest BCUT2D eigenvalue weighted by molar-refractivity contribution is 0.483. The molecule has 9 rings (SSSR count). The number of fused-ring (bicyclic) bond motifs is 12. The van der Waals surface area contributed by atoms with Crippen molar-refractivity contribution in [3.8, 4) is 0 Å². The SMILES string of the molecule is CNC(N=C(N=Cc1ccccc1)c1ccccc1)n1c2ccccc2c2c3sc4ccccc4c3c3sc4ccccc4c3c21. The zero-order valence-electron chi connectivity index (χ0n) is 25.0. The van der Waals surface area contributed by atoms with Gasteiger partial charge in [0.1, 0.15) is 0 Å². The van der Waals surface area contributed by atoms with Gasteiger partial charge in [0.05, 0.1) is 11.0 Å². The van der Waals surface area contributed by atoms with E-state index in [4.69, 9.17) is 9.98 Å². The molecule has 0 aliphatic carbocycles. The van der Waals surface area contributed by atoms with Gasteiger partial charge in [0.15, 0.2) is 12.1 Å². The van der Waals surface area contributed by atoms with Crippen LogP contribution < -0.4 is 5.32 Å². The molecule has 3 heterocycles. The summed E-state index contributed by atoms with van der Waals surface area (Å²) < 4.78 is 7.66. The highest BCUT2D eigenvalue weighted by molar-refractivity contribution is 7.30. The first kappa shape index (κ1) is 27.2. The van der Waals surface area contributed by atoms with E-state index in [1.807, 2.05) is 72.3 Å². The third-order valence-corrected chi connectivity index (χ3v) is 11.1. The van der Waals surface area contributed by atoms with Crippen LogP contribution in [0.5, 0.6) is 0 Å². The highest BCUT2D eigenvalue weighted by atomic mass is 32.1. The van der Waals surface area contributed by atoms with E-state index in [9.17, 15) is 0 Å². The summed E-state index contributed by atoms with van der Waals surface area (Å²) in [5.74, 6) is 0.670. The second-order valence-electron chi connectivity index (χ2n) is 11.4. The Morgan fingerprint density at radius 3 is 1.85 bits per heavy atom. The third kappa shape index (κ3) is 4.22. The van der Waals surface area contributed by atoms with E-state index in [1.165, 1.54) is 56.6 Å². The quantitative estimate of drug-likeness (QED) is 0.150. The fourth-order valence-electron chi connectivity index (χ4n) is 6.71. The summed E-state index contributed by atoms with van der Waals surface area (Å²) >= 11 is 3.79. The van der Waals surface area contributed by atoms with Crippen molar-refractivity contribution in [1.82, 2.24) is 9.88 Å². The van der Waals surface area contributed by atoms with E-state index in [-0.39, 0.29) is 0 Å². The van der Waals surface area contributed by atoms with Gasteiger partial charge in [-0.25, -0.2) is 9.98 Å². The van der Waals surface area contributed by atoms with E-state index in [1.54, 1.807) is 0 Å². The minimum absolute atomic E-state index is 0.417. The Kier molecular flexibility index (Phi) is 6.52. The second kappa shape index (κ2) is 11.0. The van der Waals surface area contributed by atoms with Crippen LogP contribution in [0.3, 0.4) is 0 Å². The first-order chi connectivity index (χ1) is 22.8. The molecule has 1 N–H and O–H groups in total. The van der Waals surface area contributed by atoms with Crippen molar-refractivity contribution in [2.24, 2.45) is 9.98 Å². The standard InChI is InChI=1S/C40H28N4S2/c1-41-40(43-39(26-16-6-3-7-17-26)42-24-25-14-4-2-5-15-25)44-30-21-11-8-18-27(30)33-36(44)34-28-19-9-12-22-31(28)45-38(34)35-29-20-10-13-23-32(29)46-37(33)35/h2-24,40-41H,1H3. The Morgan fingerprint density at radius 2 is 1.17 bits per heavy atom. The van der Waals surface area contributed by atoms with Crippen LogP contribution >= 0.6 is 22.7 Å². The van der Waals surface area contributed by atoms with Crippen molar-refractivity contribution in [3.05, 3.63) is 145 Å². The van der Waals surface area contributed by atoms with Crippen LogP contribution in [-0.4, -0.2) is 23.7 Å². The molecule has 0 amide bonds. The monoisotopic (exact) mass is 628 g/mol. The summed E-state index contributed by atoms with van der Waals surface area (Å²) in [4.78, 5) is 10.4. The number of aromatic nitrogens is 1. The van der Waals surface area contributed by atoms with Crippen LogP contribution in [0.1, 0.15) is 17.4 Å². The topological polar surface area (TPSA) is 41.7 Å². The van der Waals surface area contributed by atoms with Crippen LogP contribution in [-0.2, 0) is 0 Å². The van der Waals surface area contributed by atoms with Crippen LogP contribution in [0.2, 0.25) is 0 Å². The Balaban J connectivity index is 1.42. The Hall–Kier alpha value is -5.14. The zero-order chi connectivity index (χ0) is 30.6. The minimum Gasteiger partial charge on any atom is -0.304 e. The number of para-hydroxylation sites is 1. The van der Waals surface area contributed by atoms with E-state index in [2.05, 4.69) is 107 Å². The van der Waals surface area contributed by atoms with Gasteiger partial charge >= 0.3 is 0 Å². The highest BCUT2D eigenvalue weighted by Crippen LogP contribution is 2.51. The number of amidine groups is 1. The Bertz CT molecular complexity index is 2600. The van der Waals surface area contributed by atoms with E-state index < -0.39 is 6.29 Å². The molecule has 6 heteroatoms. The highest BCUT2D eigenvalue weighted by Gasteiger charge is 2.26. The predicted molar refractivity (Wildman–Crippen MR) is 200 cm³/mol. The van der Waals surface area contributed by atoms with Gasteiger partial charge in [0, 0.05) is 62.9 Å². The molecule has 0 fully saturated rings. The maximum absolute atomic E-state index is 5.39. The third-order valence-electron chi connectivity index (χ3n) is 8.71. The van der Waals surface area contributed by atoms with E-state index in [0.717, 1.165) is 16.6 Å². The molecule has 0 bridgehead atoms. The van der Waals surface area contributed by atoms with E-state index in [0.29, 0.717) is 5.84 Å². The summed E-state index contributed by atoms with van der Waals surface area (Å²) in [5.41, 5.74) is 4.34. The molecule has 4 nitrogen and oxygen atoms in total. The summed E-state index contributed by atoms with van der Waals surface area (Å²) in [6.07, 6.45) is 1.48. The van der Waals surface area contributed by atoms with Crippen LogP contribution in [0, 0.1) is 0 Å². The Labute approximate surface area is 273 Å². The number of aliphatic imine (C=N–C) groups is 2. The lowest BCUT2D eigenvalue weighted by atomic mass is 10.0. The van der Waals surface area contributed by atoms with Crippen molar-refractivity contribution < 1.29 is 0 Å². The van der Waals surface area contributed by atoms with Gasteiger partial charge in [-0.3, -0.25) is 5.32 Å². The van der Waals surface area contributed by atoms with Crippen LogP contribution in [0.15, 0.2) is 143 Å². The molecular weight excluding hydrogens is 601 g/mol. The maximum atomic E-state index is 5.39. The molecule has 0 aliphatic heterocycles. The van der Waals surface area contributed by atoms with Gasteiger partial charge in [0.2, 0.25) is 0 Å². The minimum atomic E-state index is -0.417. The first-order valence-corrected chi connectivity index (χ1v) is 17.0. The molecule has 0 radical (unpaired) electrons. The number of benzene rings is 6. The number of thiophene rings is 2. The molecule has 6 aromatic carbocycles. The molecule has 46 heavy (non-hydrogen) atoms. The van der Waals surface area contributed by atoms with Crippen molar-refractivity contribution in [1.29, 1.82) is 0 Å². The maximum Gasteiger partial charge on any atom is 0.182 e. The van der Waals surface area contributed by atoms with Crippen molar-refractivity contribution >= 4 is 96.9 Å². The number of hydrogen-bond acceptors (Lipinski definition) is 4. The smallest absolute Gasteiger partial charge is 0.182 e. The first-order valence-electron chi connectivity index (χ1n) is 15.4. The molecule has 0 spiro atoms. The molecule has 3 aromatic heterocycles. The summed E-state index contributed by atoms with van der Waals surface area (Å²) in [6, 6.07) is 46.9. The number of rotatable bonds is 5. The lowest BCUT2D eigenvalue weighted by Gasteiger charge is -2.19. The molecule has 0 saturated carbocycles. The number of nitrogens with zero attached hydrogens (tertiary/aromatic N) is 3. The van der Waals surface area contributed by atoms with Gasteiger partial charge in [-0.2, -0.15) is 0 Å². The number of hydrogen-bond donors (Lipinski definition) is 1. The molecule has 220 valence electrons. The van der Waals surface area contributed by atoms with Gasteiger partial charge in [-0.1, -0.05) is 115 Å². The average Bonchev–Trinajstić information content (AvgIpc) is 3.79. The summed E-state index contributed by atoms with van der Waals surface area (Å²) in [7, 11) is 1.99. The molecule has 0 aliphatic rings. The molecule has 1 atom stereocenters. The molecule has 9 aromatic rings. The predicted octanol–water partition coefficient (Wildman–Crippen LogP) is 10.8. The van der Waals surface area contributed by atoms with Gasteiger partial charge in [-0.15, -0.1) is 22.7 Å². The van der Waals surface area contributed by atoms with Gasteiger partial charge in [-0.05, 0) is 30.8 Å². The number of nitrogens with one attached hydrogen (secondary N) is 1. The van der Waals surface area contributed by atoms with Crippen molar-refractivity contribution in [3.63, 3.8) is 0 Å². The molecule has 0 saturated heterocycles. The summed E-state index contributed by atoms with van der Waals surface area (Å²) in [6.45, 7) is 0. The summed E-state index contributed by atoms with van der Waals surface area (Å²) in [5, 5.41) is 11.3. The van der Waals surface area contributed by atoms with Crippen LogP contribution in [0.4, 0.5) is 0 Å². The van der Waals surface area contributed by atoms with E-state index >= 15 is 0 Å². The van der Waals surface area contributed by atoms with Gasteiger partial charge in [0.25, 0.3) is 0 Å². The largest absolute Gasteiger partial charge is 0.304 e. The fourth-order valence-corrected chi connectivity index (χ4v) is 9.31. The van der Waals surface area contributed by atoms with Crippen molar-refractivity contribution in [2.45, 2.75) is 6.29 Å². The lowest BCUT2D eigenvalue weighted by Crippen LogP contribution is -2.22. The molecule has 1 unspecified atom stereocenters. The normalized spacial score (nSPS) is 13.4. The second-order valence-corrected chi connectivity index (χ2v) is 13.5. The van der Waals surface area contributed by atoms with Crippen molar-refractivity contribution in [2.75, 3.05) is 7.05 Å². The molecular formula is C40H28N4S2. The van der Waals surface area contributed by atoms with Crippen LogP contribution in [0.25, 0.3) is 62.2 Å². The average molecular weight is 629 g/mol. The fraction of sp³-hybridized carbons (Fsp3) is 0.0500.